The van der Waals surface area contributed by atoms with Crippen molar-refractivity contribution in [3.05, 3.63) is 98.3 Å². The number of hydrogen-bond donors (Lipinski definition) is 1. The predicted octanol–water partition coefficient (Wildman–Crippen LogP) is 4.22. The summed E-state index contributed by atoms with van der Waals surface area (Å²) in [4.78, 5) is 73.4. The Morgan fingerprint density at radius 1 is 1.02 bits per heavy atom. The number of carbonyl (C=O) groups excluding carboxylic acids is 5. The van der Waals surface area contributed by atoms with Crippen LogP contribution in [0.1, 0.15) is 101 Å². The molecule has 0 amide bonds. The summed E-state index contributed by atoms with van der Waals surface area (Å²) >= 11 is 0. The SMILES string of the molecule is C=N/C(=C\C=C1/C/C(=N\O)c2c(oc(C)c2C(=O)OCC)C1=O)Cc1oc2c(c1C(=O)OCC)C(=O)c1ncccc1C2=O. The number of pyridine rings is 1. The number of ketones is 3. The Kier molecular flexibility index (Phi) is 8.03. The van der Waals surface area contributed by atoms with Crippen molar-refractivity contribution in [1.29, 1.82) is 0 Å². The second-order valence-electron chi connectivity index (χ2n) is 9.58. The fourth-order valence-electron chi connectivity index (χ4n) is 5.08. The summed E-state index contributed by atoms with van der Waals surface area (Å²) in [5, 5.41) is 13.0. The Morgan fingerprint density at radius 2 is 1.70 bits per heavy atom. The monoisotopic (exact) mass is 599 g/mol. The highest BCUT2D eigenvalue weighted by Gasteiger charge is 2.41. The number of nitrogens with zero attached hydrogens (tertiary/aromatic N) is 3. The van der Waals surface area contributed by atoms with E-state index in [1.165, 1.54) is 37.4 Å². The van der Waals surface area contributed by atoms with Crippen molar-refractivity contribution in [3.8, 4) is 0 Å². The Labute approximate surface area is 249 Å². The summed E-state index contributed by atoms with van der Waals surface area (Å²) in [6, 6.07) is 2.94. The predicted molar refractivity (Wildman–Crippen MR) is 152 cm³/mol. The van der Waals surface area contributed by atoms with Gasteiger partial charge in [0.25, 0.3) is 0 Å². The standard InChI is InChI=1S/C31H25N3O10/c1-5-41-30(38)20-14(3)43-28-21(20)18(34-40)12-15(25(28)35)9-10-16(32-4)13-19-22(31(39)42-6-2)23-27(37)24-17(8-7-11-33-24)26(36)29(23)44-19/h7-11,40H,4-6,12-13H2,1-3H3/b15-9+,16-10-,34-18+. The zero-order valence-corrected chi connectivity index (χ0v) is 23.9. The average Bonchev–Trinajstić information content (AvgIpc) is 3.57. The van der Waals surface area contributed by atoms with Crippen LogP contribution in [-0.2, 0) is 15.9 Å². The number of aliphatic imine (C=N–C) groups is 1. The molecule has 0 atom stereocenters. The second-order valence-corrected chi connectivity index (χ2v) is 9.58. The van der Waals surface area contributed by atoms with Gasteiger partial charge in [-0.25, -0.2) is 9.59 Å². The number of hydrogen-bond acceptors (Lipinski definition) is 13. The molecule has 13 nitrogen and oxygen atoms in total. The van der Waals surface area contributed by atoms with Crippen molar-refractivity contribution >= 4 is 41.7 Å². The van der Waals surface area contributed by atoms with Gasteiger partial charge >= 0.3 is 11.9 Å². The molecular weight excluding hydrogens is 574 g/mol. The minimum Gasteiger partial charge on any atom is -0.462 e. The summed E-state index contributed by atoms with van der Waals surface area (Å²) in [5.74, 6) is -3.89. The smallest absolute Gasteiger partial charge is 0.342 e. The number of Topliss-reactive ketones (excluding diaryl/α,β-unsaturated/α-hetero) is 1. The minimum atomic E-state index is -0.876. The maximum absolute atomic E-state index is 13.3. The Morgan fingerprint density at radius 3 is 2.36 bits per heavy atom. The number of furan rings is 2. The number of rotatable bonds is 8. The fraction of sp³-hybridized carbons (Fsp3) is 0.226. The minimum absolute atomic E-state index is 0.000709. The molecule has 5 rings (SSSR count). The van der Waals surface area contributed by atoms with E-state index >= 15 is 0 Å². The summed E-state index contributed by atoms with van der Waals surface area (Å²) in [6.45, 7) is 8.34. The molecule has 0 unspecified atom stereocenters. The van der Waals surface area contributed by atoms with Crippen molar-refractivity contribution < 1.29 is 47.5 Å². The Bertz CT molecular complexity index is 1870. The van der Waals surface area contributed by atoms with Crippen LogP contribution in [0, 0.1) is 6.92 Å². The lowest BCUT2D eigenvalue weighted by atomic mass is 9.87. The van der Waals surface area contributed by atoms with Gasteiger partial charge in [0.2, 0.25) is 17.3 Å². The number of fused-ring (bicyclic) bond motifs is 3. The summed E-state index contributed by atoms with van der Waals surface area (Å²) in [6.07, 6.45) is 3.79. The van der Waals surface area contributed by atoms with Crippen molar-refractivity contribution in [1.82, 2.24) is 4.98 Å². The lowest BCUT2D eigenvalue weighted by Gasteiger charge is -2.14. The molecule has 0 spiro atoms. The van der Waals surface area contributed by atoms with Gasteiger partial charge in [-0.1, -0.05) is 11.2 Å². The topological polar surface area (TPSA) is 188 Å². The first kappa shape index (κ1) is 29.8. The van der Waals surface area contributed by atoms with Crippen molar-refractivity contribution in [2.45, 2.75) is 33.6 Å². The molecule has 13 heteroatoms. The third kappa shape index (κ3) is 4.87. The number of carbonyl (C=O) groups is 5. The van der Waals surface area contributed by atoms with Gasteiger partial charge in [-0.05, 0) is 45.7 Å². The Balaban J connectivity index is 1.53. The molecule has 0 bridgehead atoms. The highest BCUT2D eigenvalue weighted by molar-refractivity contribution is 6.29. The Hall–Kier alpha value is -5.72. The van der Waals surface area contributed by atoms with E-state index in [0.29, 0.717) is 0 Å². The molecule has 3 aromatic heterocycles. The molecule has 0 aliphatic heterocycles. The van der Waals surface area contributed by atoms with E-state index in [2.05, 4.69) is 21.8 Å². The molecule has 3 aromatic rings. The van der Waals surface area contributed by atoms with Gasteiger partial charge in [-0.2, -0.15) is 0 Å². The van der Waals surface area contributed by atoms with Crippen LogP contribution in [0.4, 0.5) is 0 Å². The van der Waals surface area contributed by atoms with Crippen LogP contribution in [0.15, 0.2) is 60.7 Å². The van der Waals surface area contributed by atoms with Gasteiger partial charge in [0.1, 0.15) is 28.3 Å². The third-order valence-electron chi connectivity index (χ3n) is 7.01. The van der Waals surface area contributed by atoms with Crippen molar-refractivity contribution in [3.63, 3.8) is 0 Å². The first-order valence-electron chi connectivity index (χ1n) is 13.5. The number of allylic oxidation sites excluding steroid dienone is 4. The molecular formula is C31H25N3O10. The molecule has 2 aliphatic rings. The molecule has 1 N–H and O–H groups in total. The molecule has 44 heavy (non-hydrogen) atoms. The number of aromatic nitrogens is 1. The van der Waals surface area contributed by atoms with Gasteiger partial charge in [-0.15, -0.1) is 0 Å². The van der Waals surface area contributed by atoms with Gasteiger partial charge in [0, 0.05) is 30.3 Å². The molecule has 0 saturated carbocycles. The van der Waals surface area contributed by atoms with Crippen LogP contribution in [0.5, 0.6) is 0 Å². The second kappa shape index (κ2) is 11.9. The van der Waals surface area contributed by atoms with E-state index in [9.17, 15) is 29.2 Å². The largest absolute Gasteiger partial charge is 0.462 e. The zero-order valence-electron chi connectivity index (χ0n) is 23.9. The maximum atomic E-state index is 13.3. The average molecular weight is 600 g/mol. The summed E-state index contributed by atoms with van der Waals surface area (Å²) in [7, 11) is 0. The first-order chi connectivity index (χ1) is 21.2. The molecule has 0 radical (unpaired) electrons. The highest BCUT2D eigenvalue weighted by Crippen LogP contribution is 2.35. The normalized spacial score (nSPS) is 16.1. The van der Waals surface area contributed by atoms with E-state index in [1.807, 2.05) is 0 Å². The number of oxime groups is 1. The number of aryl methyl sites for hydroxylation is 1. The third-order valence-corrected chi connectivity index (χ3v) is 7.01. The van der Waals surface area contributed by atoms with Crippen molar-refractivity contribution in [2.75, 3.05) is 13.2 Å². The van der Waals surface area contributed by atoms with Gasteiger partial charge in [0.05, 0.1) is 35.6 Å². The van der Waals surface area contributed by atoms with E-state index < -0.39 is 29.3 Å². The lowest BCUT2D eigenvalue weighted by Crippen LogP contribution is -2.23. The van der Waals surface area contributed by atoms with Gasteiger partial charge < -0.3 is 23.5 Å². The highest BCUT2D eigenvalue weighted by atomic mass is 16.5. The molecule has 3 heterocycles. The molecule has 224 valence electrons. The lowest BCUT2D eigenvalue weighted by molar-refractivity contribution is 0.0513. The van der Waals surface area contributed by atoms with Crippen LogP contribution in [0.2, 0.25) is 0 Å². The first-order valence-corrected chi connectivity index (χ1v) is 13.5. The zero-order chi connectivity index (χ0) is 31.7. The fourth-order valence-corrected chi connectivity index (χ4v) is 5.08. The quantitative estimate of drug-likeness (QED) is 0.100. The van der Waals surface area contributed by atoms with E-state index in [-0.39, 0.29) is 99.6 Å². The number of esters is 2. The van der Waals surface area contributed by atoms with Crippen LogP contribution >= 0.6 is 0 Å². The molecule has 0 saturated heterocycles. The van der Waals surface area contributed by atoms with Crippen LogP contribution in [0.3, 0.4) is 0 Å². The van der Waals surface area contributed by atoms with E-state index in [4.69, 9.17) is 18.3 Å². The van der Waals surface area contributed by atoms with E-state index in [1.54, 1.807) is 13.8 Å². The summed E-state index contributed by atoms with van der Waals surface area (Å²) in [5.41, 5.74) is -0.159. The van der Waals surface area contributed by atoms with E-state index in [0.717, 1.165) is 0 Å². The molecule has 0 fully saturated rings. The van der Waals surface area contributed by atoms with Gasteiger partial charge in [0.15, 0.2) is 11.5 Å². The molecule has 0 aromatic carbocycles. The van der Waals surface area contributed by atoms with Crippen molar-refractivity contribution in [2.24, 2.45) is 10.1 Å². The van der Waals surface area contributed by atoms with Crippen LogP contribution in [-0.4, -0.2) is 65.1 Å². The maximum Gasteiger partial charge on any atom is 0.342 e. The van der Waals surface area contributed by atoms with Crippen LogP contribution in [0.25, 0.3) is 0 Å². The van der Waals surface area contributed by atoms with Gasteiger partial charge in [-0.3, -0.25) is 24.4 Å². The molecule has 2 aliphatic carbocycles. The number of ether oxygens (including phenoxy) is 2. The van der Waals surface area contributed by atoms with Crippen LogP contribution < -0.4 is 0 Å². The summed E-state index contributed by atoms with van der Waals surface area (Å²) < 4.78 is 21.6.